The molecular weight excluding hydrogens is 359 g/mol. The maximum absolute atomic E-state index is 13.3. The molecule has 0 aliphatic rings. The Bertz CT molecular complexity index is 1020. The van der Waals surface area contributed by atoms with E-state index in [4.69, 9.17) is 10.5 Å². The van der Waals surface area contributed by atoms with E-state index in [-0.39, 0.29) is 11.4 Å². The first-order chi connectivity index (χ1) is 12.4. The van der Waals surface area contributed by atoms with Crippen LogP contribution in [0.25, 0.3) is 21.9 Å². The first-order valence-corrected chi connectivity index (χ1v) is 8.13. The molecule has 2 aromatic heterocycles. The van der Waals surface area contributed by atoms with E-state index in [0.717, 1.165) is 0 Å². The molecule has 2 N–H and O–H groups in total. The third kappa shape index (κ3) is 4.05. The molecule has 8 heteroatoms. The number of halogens is 3. The highest BCUT2D eigenvalue weighted by atomic mass is 19.4. The fourth-order valence-corrected chi connectivity index (χ4v) is 2.65. The molecule has 3 rings (SSSR count). The maximum atomic E-state index is 13.3. The number of fused-ring (bicyclic) bond motifs is 1. The summed E-state index contributed by atoms with van der Waals surface area (Å²) in [4.78, 5) is 15.6. The minimum atomic E-state index is -4.64. The maximum Gasteiger partial charge on any atom is 0.434 e. The molecule has 2 heterocycles. The van der Waals surface area contributed by atoms with Crippen LogP contribution in [0.2, 0.25) is 0 Å². The van der Waals surface area contributed by atoms with Gasteiger partial charge in [0.15, 0.2) is 5.69 Å². The molecule has 0 unspecified atom stereocenters. The molecule has 0 bridgehead atoms. The Labute approximate surface area is 153 Å². The van der Waals surface area contributed by atoms with E-state index in [2.05, 4.69) is 4.98 Å². The van der Waals surface area contributed by atoms with Gasteiger partial charge in [0, 0.05) is 28.7 Å². The van der Waals surface area contributed by atoms with Crippen molar-refractivity contribution in [1.82, 2.24) is 9.55 Å². The van der Waals surface area contributed by atoms with Crippen LogP contribution in [0.15, 0.2) is 42.7 Å². The van der Waals surface area contributed by atoms with Gasteiger partial charge in [-0.05, 0) is 44.5 Å². The van der Waals surface area contributed by atoms with Gasteiger partial charge in [-0.1, -0.05) is 12.1 Å². The second kappa shape index (κ2) is 6.29. The Balaban J connectivity index is 2.05. The predicted molar refractivity (Wildman–Crippen MR) is 96.2 cm³/mol. The van der Waals surface area contributed by atoms with Gasteiger partial charge >= 0.3 is 12.3 Å². The summed E-state index contributed by atoms with van der Waals surface area (Å²) < 4.78 is 46.5. The van der Waals surface area contributed by atoms with Crippen molar-refractivity contribution < 1.29 is 22.7 Å². The number of anilines is 1. The third-order valence-electron chi connectivity index (χ3n) is 3.74. The number of ether oxygens (including phenoxy) is 1. The van der Waals surface area contributed by atoms with E-state index in [1.165, 1.54) is 22.9 Å². The molecular formula is C19H18F3N3O2. The number of nitrogens with zero attached hydrogens (tertiary/aromatic N) is 2. The topological polar surface area (TPSA) is 70.1 Å². The van der Waals surface area contributed by atoms with E-state index in [9.17, 15) is 18.0 Å². The van der Waals surface area contributed by atoms with Gasteiger partial charge in [-0.3, -0.25) is 4.57 Å². The van der Waals surface area contributed by atoms with Crippen LogP contribution in [-0.2, 0) is 10.9 Å². The SMILES string of the molecule is CC(C)(C)OC(=O)n1cc2ccc(-c3ccc(N)nc3C(F)(F)F)cc2c1. The first-order valence-electron chi connectivity index (χ1n) is 8.13. The highest BCUT2D eigenvalue weighted by Crippen LogP contribution is 2.37. The predicted octanol–water partition coefficient (Wildman–Crippen LogP) is 5.09. The molecule has 0 radical (unpaired) electrons. The number of aromatic nitrogens is 2. The lowest BCUT2D eigenvalue weighted by molar-refractivity contribution is -0.140. The molecule has 0 saturated carbocycles. The number of nitrogens with two attached hydrogens (primary N) is 1. The lowest BCUT2D eigenvalue weighted by Gasteiger charge is -2.19. The smallest absolute Gasteiger partial charge is 0.434 e. The van der Waals surface area contributed by atoms with Gasteiger partial charge in [-0.2, -0.15) is 13.2 Å². The minimum Gasteiger partial charge on any atom is -0.443 e. The van der Waals surface area contributed by atoms with Gasteiger partial charge < -0.3 is 10.5 Å². The Kier molecular flexibility index (Phi) is 4.37. The highest BCUT2D eigenvalue weighted by molar-refractivity contribution is 5.90. The van der Waals surface area contributed by atoms with Crippen LogP contribution in [0.1, 0.15) is 26.5 Å². The number of carbonyl (C=O) groups excluding carboxylic acids is 1. The van der Waals surface area contributed by atoms with Crippen molar-refractivity contribution in [3.05, 3.63) is 48.4 Å². The van der Waals surface area contributed by atoms with Crippen LogP contribution in [-0.4, -0.2) is 21.2 Å². The molecule has 0 aliphatic carbocycles. The summed E-state index contributed by atoms with van der Waals surface area (Å²) >= 11 is 0. The fourth-order valence-electron chi connectivity index (χ4n) is 2.65. The normalized spacial score (nSPS) is 12.4. The number of hydrogen-bond donors (Lipinski definition) is 1. The number of alkyl halides is 3. The van der Waals surface area contributed by atoms with Crippen molar-refractivity contribution in [3.8, 4) is 11.1 Å². The molecule has 0 aliphatic heterocycles. The van der Waals surface area contributed by atoms with Crippen molar-refractivity contribution >= 4 is 22.7 Å². The first kappa shape index (κ1) is 18.8. The van der Waals surface area contributed by atoms with E-state index >= 15 is 0 Å². The van der Waals surface area contributed by atoms with E-state index < -0.39 is 23.6 Å². The number of benzene rings is 1. The minimum absolute atomic E-state index is 0.0800. The second-order valence-corrected chi connectivity index (χ2v) is 7.12. The average molecular weight is 377 g/mol. The summed E-state index contributed by atoms with van der Waals surface area (Å²) in [6.45, 7) is 5.25. The van der Waals surface area contributed by atoms with Gasteiger partial charge in [0.05, 0.1) is 0 Å². The Hall–Kier alpha value is -3.03. The van der Waals surface area contributed by atoms with Crippen LogP contribution in [0, 0.1) is 0 Å². The monoisotopic (exact) mass is 377 g/mol. The summed E-state index contributed by atoms with van der Waals surface area (Å²) in [7, 11) is 0. The van der Waals surface area contributed by atoms with Crippen LogP contribution in [0.3, 0.4) is 0 Å². The quantitative estimate of drug-likeness (QED) is 0.641. The van der Waals surface area contributed by atoms with E-state index in [1.54, 1.807) is 45.2 Å². The number of pyridine rings is 1. The van der Waals surface area contributed by atoms with Crippen LogP contribution in [0.5, 0.6) is 0 Å². The number of rotatable bonds is 1. The summed E-state index contributed by atoms with van der Waals surface area (Å²) in [6.07, 6.45) is -2.11. The molecule has 3 aromatic rings. The molecule has 142 valence electrons. The zero-order valence-corrected chi connectivity index (χ0v) is 15.0. The van der Waals surface area contributed by atoms with Crippen molar-refractivity contribution in [3.63, 3.8) is 0 Å². The third-order valence-corrected chi connectivity index (χ3v) is 3.74. The van der Waals surface area contributed by atoms with E-state index in [1.807, 2.05) is 0 Å². The van der Waals surface area contributed by atoms with Crippen molar-refractivity contribution in [2.75, 3.05) is 5.73 Å². The van der Waals surface area contributed by atoms with Crippen LogP contribution < -0.4 is 5.73 Å². The molecule has 0 amide bonds. The molecule has 5 nitrogen and oxygen atoms in total. The zero-order chi connectivity index (χ0) is 20.0. The Morgan fingerprint density at radius 3 is 2.37 bits per heavy atom. The largest absolute Gasteiger partial charge is 0.443 e. The fraction of sp³-hybridized carbons (Fsp3) is 0.263. The van der Waals surface area contributed by atoms with Gasteiger partial charge in [0.25, 0.3) is 0 Å². The van der Waals surface area contributed by atoms with Gasteiger partial charge in [0.1, 0.15) is 11.4 Å². The molecule has 0 saturated heterocycles. The summed E-state index contributed by atoms with van der Waals surface area (Å²) in [6, 6.07) is 7.36. The molecule has 1 aromatic carbocycles. The van der Waals surface area contributed by atoms with Gasteiger partial charge in [-0.25, -0.2) is 9.78 Å². The van der Waals surface area contributed by atoms with Gasteiger partial charge in [0.2, 0.25) is 0 Å². The van der Waals surface area contributed by atoms with Crippen molar-refractivity contribution in [2.45, 2.75) is 32.5 Å². The molecule has 0 atom stereocenters. The Morgan fingerprint density at radius 2 is 1.74 bits per heavy atom. The lowest BCUT2D eigenvalue weighted by atomic mass is 10.0. The number of nitrogen functional groups attached to an aromatic ring is 1. The molecule has 0 spiro atoms. The van der Waals surface area contributed by atoms with E-state index in [0.29, 0.717) is 16.3 Å². The summed E-state index contributed by atoms with van der Waals surface area (Å²) in [5, 5.41) is 1.30. The second-order valence-electron chi connectivity index (χ2n) is 7.12. The number of hydrogen-bond acceptors (Lipinski definition) is 4. The summed E-state index contributed by atoms with van der Waals surface area (Å²) in [5.41, 5.74) is 3.95. The van der Waals surface area contributed by atoms with Crippen LogP contribution in [0.4, 0.5) is 23.8 Å². The standard InChI is InChI=1S/C19H18F3N3O2/c1-18(2,3)27-17(26)25-9-12-5-4-11(8-13(12)10-25)14-6-7-15(23)24-16(14)19(20,21)22/h4-10H,1-3H3,(H2,23,24). The summed E-state index contributed by atoms with van der Waals surface area (Å²) in [5.74, 6) is -0.205. The van der Waals surface area contributed by atoms with Crippen LogP contribution >= 0.6 is 0 Å². The van der Waals surface area contributed by atoms with Crippen molar-refractivity contribution in [1.29, 1.82) is 0 Å². The van der Waals surface area contributed by atoms with Crippen molar-refractivity contribution in [2.24, 2.45) is 0 Å². The van der Waals surface area contributed by atoms with Gasteiger partial charge in [-0.15, -0.1) is 0 Å². The lowest BCUT2D eigenvalue weighted by Crippen LogP contribution is -2.26. The highest BCUT2D eigenvalue weighted by Gasteiger charge is 2.36. The zero-order valence-electron chi connectivity index (χ0n) is 15.0. The molecule has 27 heavy (non-hydrogen) atoms. The average Bonchev–Trinajstić information content (AvgIpc) is 2.95. The number of carbonyl (C=O) groups is 1. The Morgan fingerprint density at radius 1 is 1.07 bits per heavy atom. The molecule has 0 fully saturated rings.